The molecule has 0 bridgehead atoms. The van der Waals surface area contributed by atoms with Crippen molar-refractivity contribution >= 4 is 23.5 Å². The minimum absolute atomic E-state index is 0.227. The molecule has 1 saturated heterocycles. The number of furan rings is 1. The zero-order valence-corrected chi connectivity index (χ0v) is 19.8. The summed E-state index contributed by atoms with van der Waals surface area (Å²) in [4.78, 5) is 28.4. The molecule has 0 aliphatic carbocycles. The summed E-state index contributed by atoms with van der Waals surface area (Å²) in [5.41, 5.74) is 1.95. The van der Waals surface area contributed by atoms with Crippen LogP contribution in [0, 0.1) is 0 Å². The largest absolute Gasteiger partial charge is 0.455 e. The van der Waals surface area contributed by atoms with Gasteiger partial charge >= 0.3 is 0 Å². The van der Waals surface area contributed by atoms with Gasteiger partial charge in [0.25, 0.3) is 5.91 Å². The van der Waals surface area contributed by atoms with E-state index in [1.165, 1.54) is 11.8 Å². The van der Waals surface area contributed by atoms with Crippen LogP contribution in [0.1, 0.15) is 47.5 Å². The molecule has 1 fully saturated rings. The fourth-order valence-electron chi connectivity index (χ4n) is 3.40. The van der Waals surface area contributed by atoms with E-state index >= 15 is 0 Å². The van der Waals surface area contributed by atoms with Crippen molar-refractivity contribution in [2.24, 2.45) is 0 Å². The Labute approximate surface area is 198 Å². The fourth-order valence-corrected chi connectivity index (χ4v) is 4.15. The lowest BCUT2D eigenvalue weighted by Crippen LogP contribution is -2.37. The van der Waals surface area contributed by atoms with Crippen molar-refractivity contribution in [3.05, 3.63) is 65.5 Å². The molecule has 1 amide bonds. The number of pyridine rings is 1. The summed E-state index contributed by atoms with van der Waals surface area (Å²) in [6.45, 7) is 7.84. The van der Waals surface area contributed by atoms with Crippen LogP contribution in [0.25, 0.3) is 0 Å². The average Bonchev–Trinajstić information content (AvgIpc) is 3.33. The van der Waals surface area contributed by atoms with Gasteiger partial charge in [-0.05, 0) is 30.2 Å². The first-order chi connectivity index (χ1) is 16.1. The van der Waals surface area contributed by atoms with E-state index in [-0.39, 0.29) is 5.91 Å². The van der Waals surface area contributed by atoms with Crippen LogP contribution in [0.5, 0.6) is 0 Å². The summed E-state index contributed by atoms with van der Waals surface area (Å²) >= 11 is 1.51. The molecule has 1 aliphatic heterocycles. The zero-order chi connectivity index (χ0) is 23.0. The standard InChI is InChI=1S/C24H29N5O3S/c1-17(2)20-15-22(29-11-13-31-14-12-29)28-24(27-20)33-16-19-6-7-21(32-19)23(30)26-10-8-18-5-3-4-9-25-18/h3-7,9,15,17H,8,10-14,16H2,1-2H3,(H,26,30). The molecule has 33 heavy (non-hydrogen) atoms. The summed E-state index contributed by atoms with van der Waals surface area (Å²) in [6.07, 6.45) is 2.42. The molecule has 0 aromatic carbocycles. The number of aromatic nitrogens is 3. The third-order valence-corrected chi connectivity index (χ3v) is 6.13. The van der Waals surface area contributed by atoms with Gasteiger partial charge in [0.2, 0.25) is 0 Å². The number of anilines is 1. The van der Waals surface area contributed by atoms with Crippen LogP contribution >= 0.6 is 11.8 Å². The van der Waals surface area contributed by atoms with Crippen molar-refractivity contribution in [3.63, 3.8) is 0 Å². The number of rotatable bonds is 9. The normalized spacial score (nSPS) is 14.0. The summed E-state index contributed by atoms with van der Waals surface area (Å²) in [7, 11) is 0. The highest BCUT2D eigenvalue weighted by Crippen LogP contribution is 2.26. The van der Waals surface area contributed by atoms with Crippen LogP contribution in [-0.2, 0) is 16.9 Å². The molecule has 0 atom stereocenters. The summed E-state index contributed by atoms with van der Waals surface area (Å²) < 4.78 is 11.2. The van der Waals surface area contributed by atoms with Gasteiger partial charge in [0.1, 0.15) is 11.6 Å². The van der Waals surface area contributed by atoms with Crippen LogP contribution in [0.2, 0.25) is 0 Å². The van der Waals surface area contributed by atoms with Crippen LogP contribution in [0.3, 0.4) is 0 Å². The second-order valence-corrected chi connectivity index (χ2v) is 9.01. The zero-order valence-electron chi connectivity index (χ0n) is 19.0. The van der Waals surface area contributed by atoms with Gasteiger partial charge in [0.15, 0.2) is 10.9 Å². The second-order valence-electron chi connectivity index (χ2n) is 8.07. The highest BCUT2D eigenvalue weighted by molar-refractivity contribution is 7.98. The molecule has 0 radical (unpaired) electrons. The van der Waals surface area contributed by atoms with E-state index in [0.29, 0.717) is 54.5 Å². The number of hydrogen-bond donors (Lipinski definition) is 1. The first-order valence-corrected chi connectivity index (χ1v) is 12.2. The van der Waals surface area contributed by atoms with E-state index in [0.717, 1.165) is 30.3 Å². The average molecular weight is 468 g/mol. The van der Waals surface area contributed by atoms with Crippen LogP contribution in [0.4, 0.5) is 5.82 Å². The molecule has 0 unspecified atom stereocenters. The SMILES string of the molecule is CC(C)c1cc(N2CCOCC2)nc(SCc2ccc(C(=O)NCCc3ccccn3)o2)n1. The molecule has 3 aromatic rings. The van der Waals surface area contributed by atoms with Gasteiger partial charge in [-0.2, -0.15) is 0 Å². The predicted molar refractivity (Wildman–Crippen MR) is 128 cm³/mol. The monoisotopic (exact) mass is 467 g/mol. The third-order valence-electron chi connectivity index (χ3n) is 5.26. The Bertz CT molecular complexity index is 1050. The number of thioether (sulfide) groups is 1. The molecular formula is C24H29N5O3S. The fraction of sp³-hybridized carbons (Fsp3) is 0.417. The first kappa shape index (κ1) is 23.3. The highest BCUT2D eigenvalue weighted by atomic mass is 32.2. The van der Waals surface area contributed by atoms with Gasteiger partial charge in [-0.15, -0.1) is 0 Å². The lowest BCUT2D eigenvalue weighted by Gasteiger charge is -2.28. The molecule has 3 aromatic heterocycles. The van der Waals surface area contributed by atoms with Crippen molar-refractivity contribution in [2.45, 2.75) is 37.1 Å². The number of nitrogens with one attached hydrogen (secondary N) is 1. The van der Waals surface area contributed by atoms with Crippen molar-refractivity contribution in [1.29, 1.82) is 0 Å². The Morgan fingerprint density at radius 3 is 2.79 bits per heavy atom. The smallest absolute Gasteiger partial charge is 0.287 e. The van der Waals surface area contributed by atoms with E-state index in [1.807, 2.05) is 24.3 Å². The number of morpholine rings is 1. The van der Waals surface area contributed by atoms with E-state index in [1.54, 1.807) is 12.3 Å². The van der Waals surface area contributed by atoms with E-state index in [2.05, 4.69) is 35.1 Å². The number of amides is 1. The Morgan fingerprint density at radius 2 is 2.03 bits per heavy atom. The minimum Gasteiger partial charge on any atom is -0.455 e. The summed E-state index contributed by atoms with van der Waals surface area (Å²) in [5, 5.41) is 3.59. The number of nitrogens with zero attached hydrogens (tertiary/aromatic N) is 4. The predicted octanol–water partition coefficient (Wildman–Crippen LogP) is 3.69. The molecule has 4 rings (SSSR count). The number of ether oxygens (including phenoxy) is 1. The van der Waals surface area contributed by atoms with Gasteiger partial charge in [0.05, 0.1) is 19.0 Å². The molecule has 174 valence electrons. The number of hydrogen-bond acceptors (Lipinski definition) is 8. The van der Waals surface area contributed by atoms with Crippen LogP contribution in [-0.4, -0.2) is 53.7 Å². The topological polar surface area (TPSA) is 93.4 Å². The molecule has 9 heteroatoms. The lowest BCUT2D eigenvalue weighted by molar-refractivity contribution is 0.0925. The third kappa shape index (κ3) is 6.55. The number of carbonyl (C=O) groups excluding carboxylic acids is 1. The quantitative estimate of drug-likeness (QED) is 0.376. The molecule has 8 nitrogen and oxygen atoms in total. The molecular weight excluding hydrogens is 438 g/mol. The highest BCUT2D eigenvalue weighted by Gasteiger charge is 2.17. The van der Waals surface area contributed by atoms with E-state index < -0.39 is 0 Å². The molecule has 0 spiro atoms. The van der Waals surface area contributed by atoms with Gasteiger partial charge in [-0.1, -0.05) is 31.7 Å². The van der Waals surface area contributed by atoms with E-state index in [4.69, 9.17) is 19.1 Å². The minimum atomic E-state index is -0.227. The van der Waals surface area contributed by atoms with Crippen LogP contribution < -0.4 is 10.2 Å². The van der Waals surface area contributed by atoms with Crippen molar-refractivity contribution in [3.8, 4) is 0 Å². The van der Waals surface area contributed by atoms with Crippen molar-refractivity contribution in [1.82, 2.24) is 20.3 Å². The summed E-state index contributed by atoms with van der Waals surface area (Å²) in [6, 6.07) is 11.4. The Kier molecular flexibility index (Phi) is 7.96. The van der Waals surface area contributed by atoms with Gasteiger partial charge in [0, 0.05) is 49.7 Å². The number of carbonyl (C=O) groups is 1. The molecule has 1 N–H and O–H groups in total. The first-order valence-electron chi connectivity index (χ1n) is 11.2. The van der Waals surface area contributed by atoms with Gasteiger partial charge in [-0.3, -0.25) is 9.78 Å². The maximum Gasteiger partial charge on any atom is 0.287 e. The van der Waals surface area contributed by atoms with Gasteiger partial charge < -0.3 is 19.4 Å². The Balaban J connectivity index is 1.34. The van der Waals surface area contributed by atoms with E-state index in [9.17, 15) is 4.79 Å². The molecule has 4 heterocycles. The van der Waals surface area contributed by atoms with Crippen molar-refractivity contribution < 1.29 is 13.9 Å². The Morgan fingerprint density at radius 1 is 1.18 bits per heavy atom. The maximum absolute atomic E-state index is 12.4. The van der Waals surface area contributed by atoms with Crippen LogP contribution in [0.15, 0.2) is 52.2 Å². The lowest BCUT2D eigenvalue weighted by atomic mass is 10.1. The Hall–Kier alpha value is -2.91. The van der Waals surface area contributed by atoms with Gasteiger partial charge in [-0.25, -0.2) is 9.97 Å². The summed E-state index contributed by atoms with van der Waals surface area (Å²) in [5.74, 6) is 2.57. The molecule has 1 aliphatic rings. The second kappa shape index (κ2) is 11.3. The molecule has 0 saturated carbocycles. The van der Waals surface area contributed by atoms with Crippen molar-refractivity contribution in [2.75, 3.05) is 37.7 Å². The maximum atomic E-state index is 12.4.